The second kappa shape index (κ2) is 8.42. The molecule has 7 heteroatoms. The third-order valence-electron chi connectivity index (χ3n) is 4.30. The Hall–Kier alpha value is -2.96. The highest BCUT2D eigenvalue weighted by Crippen LogP contribution is 2.24. The Balaban J connectivity index is 2.14. The molecule has 0 saturated heterocycles. The highest BCUT2D eigenvalue weighted by Gasteiger charge is 2.23. The SMILES string of the molecule is CC(c1ccc(F)c(F)c1)N(C)C(=O)CC(NC(N)=O)c1ccccc1. The van der Waals surface area contributed by atoms with E-state index in [1.54, 1.807) is 38.2 Å². The number of primary amides is 1. The number of nitrogens with one attached hydrogen (secondary N) is 1. The lowest BCUT2D eigenvalue weighted by atomic mass is 10.0. The van der Waals surface area contributed by atoms with Gasteiger partial charge in [-0.3, -0.25) is 4.79 Å². The number of benzene rings is 2. The fourth-order valence-corrected chi connectivity index (χ4v) is 2.64. The van der Waals surface area contributed by atoms with Gasteiger partial charge in [0.15, 0.2) is 11.6 Å². The molecule has 0 heterocycles. The molecular formula is C19H21F2N3O2. The van der Waals surface area contributed by atoms with Crippen molar-refractivity contribution < 1.29 is 18.4 Å². The molecule has 5 nitrogen and oxygen atoms in total. The van der Waals surface area contributed by atoms with Crippen LogP contribution >= 0.6 is 0 Å². The molecule has 138 valence electrons. The zero-order chi connectivity index (χ0) is 19.3. The topological polar surface area (TPSA) is 75.4 Å². The molecule has 0 aliphatic rings. The van der Waals surface area contributed by atoms with Crippen LogP contribution in [0, 0.1) is 11.6 Å². The number of hydrogen-bond acceptors (Lipinski definition) is 2. The number of nitrogens with zero attached hydrogens (tertiary/aromatic N) is 1. The van der Waals surface area contributed by atoms with E-state index in [9.17, 15) is 18.4 Å². The highest BCUT2D eigenvalue weighted by atomic mass is 19.2. The summed E-state index contributed by atoms with van der Waals surface area (Å²) in [4.78, 5) is 25.3. The number of carbonyl (C=O) groups is 2. The van der Waals surface area contributed by atoms with Crippen molar-refractivity contribution in [3.05, 3.63) is 71.3 Å². The fraction of sp³-hybridized carbons (Fsp3) is 0.263. The summed E-state index contributed by atoms with van der Waals surface area (Å²) >= 11 is 0. The predicted molar refractivity (Wildman–Crippen MR) is 94.1 cm³/mol. The molecule has 0 spiro atoms. The lowest BCUT2D eigenvalue weighted by Crippen LogP contribution is -2.38. The van der Waals surface area contributed by atoms with Crippen LogP contribution in [0.1, 0.15) is 36.6 Å². The molecule has 0 fully saturated rings. The van der Waals surface area contributed by atoms with Crippen molar-refractivity contribution in [2.45, 2.75) is 25.4 Å². The first-order chi connectivity index (χ1) is 12.3. The Morgan fingerprint density at radius 2 is 1.73 bits per heavy atom. The molecule has 0 aromatic heterocycles. The van der Waals surface area contributed by atoms with E-state index in [1.807, 2.05) is 6.07 Å². The second-order valence-electron chi connectivity index (χ2n) is 6.03. The van der Waals surface area contributed by atoms with Gasteiger partial charge in [-0.15, -0.1) is 0 Å². The minimum absolute atomic E-state index is 0.0164. The third-order valence-corrected chi connectivity index (χ3v) is 4.30. The largest absolute Gasteiger partial charge is 0.352 e. The predicted octanol–water partition coefficient (Wildman–Crippen LogP) is 3.28. The lowest BCUT2D eigenvalue weighted by molar-refractivity contribution is -0.132. The van der Waals surface area contributed by atoms with Crippen molar-refractivity contribution in [2.24, 2.45) is 5.73 Å². The molecule has 2 aromatic carbocycles. The first kappa shape index (κ1) is 19.4. The van der Waals surface area contributed by atoms with Crippen LogP contribution in [0.3, 0.4) is 0 Å². The molecule has 3 N–H and O–H groups in total. The first-order valence-corrected chi connectivity index (χ1v) is 8.11. The van der Waals surface area contributed by atoms with Crippen molar-refractivity contribution in [3.8, 4) is 0 Å². The molecule has 0 bridgehead atoms. The molecule has 0 aliphatic carbocycles. The zero-order valence-corrected chi connectivity index (χ0v) is 14.6. The molecule has 2 atom stereocenters. The summed E-state index contributed by atoms with van der Waals surface area (Å²) in [6.07, 6.45) is -0.0164. The quantitative estimate of drug-likeness (QED) is 0.828. The number of urea groups is 1. The van der Waals surface area contributed by atoms with Gasteiger partial charge in [0.05, 0.1) is 18.5 Å². The second-order valence-corrected chi connectivity index (χ2v) is 6.03. The van der Waals surface area contributed by atoms with E-state index < -0.39 is 29.7 Å². The van der Waals surface area contributed by atoms with Crippen LogP contribution in [0.4, 0.5) is 13.6 Å². The molecule has 0 radical (unpaired) electrons. The summed E-state index contributed by atoms with van der Waals surface area (Å²) in [6.45, 7) is 1.71. The van der Waals surface area contributed by atoms with Crippen LogP contribution in [0.2, 0.25) is 0 Å². The minimum Gasteiger partial charge on any atom is -0.352 e. The van der Waals surface area contributed by atoms with Gasteiger partial charge in [-0.25, -0.2) is 13.6 Å². The van der Waals surface area contributed by atoms with E-state index in [2.05, 4.69) is 5.32 Å². The number of halogens is 2. The summed E-state index contributed by atoms with van der Waals surface area (Å²) in [7, 11) is 1.57. The van der Waals surface area contributed by atoms with Gasteiger partial charge < -0.3 is 16.0 Å². The highest BCUT2D eigenvalue weighted by molar-refractivity contribution is 5.79. The van der Waals surface area contributed by atoms with E-state index in [0.717, 1.165) is 17.7 Å². The van der Waals surface area contributed by atoms with Crippen LogP contribution in [-0.4, -0.2) is 23.9 Å². The number of hydrogen-bond donors (Lipinski definition) is 2. The molecule has 2 unspecified atom stereocenters. The van der Waals surface area contributed by atoms with Crippen LogP contribution in [-0.2, 0) is 4.79 Å². The summed E-state index contributed by atoms with van der Waals surface area (Å²) in [5.74, 6) is -2.18. The van der Waals surface area contributed by atoms with Crippen molar-refractivity contribution in [1.29, 1.82) is 0 Å². The maximum Gasteiger partial charge on any atom is 0.312 e. The number of rotatable bonds is 6. The first-order valence-electron chi connectivity index (χ1n) is 8.11. The normalized spacial score (nSPS) is 12.9. The Morgan fingerprint density at radius 3 is 2.31 bits per heavy atom. The molecule has 0 saturated carbocycles. The Kier molecular flexibility index (Phi) is 6.27. The average molecular weight is 361 g/mol. The van der Waals surface area contributed by atoms with Crippen LogP contribution in [0.5, 0.6) is 0 Å². The zero-order valence-electron chi connectivity index (χ0n) is 14.6. The van der Waals surface area contributed by atoms with Gasteiger partial charge in [-0.2, -0.15) is 0 Å². The van der Waals surface area contributed by atoms with E-state index in [0.29, 0.717) is 5.56 Å². The Labute approximate surface area is 150 Å². The van der Waals surface area contributed by atoms with Crippen molar-refractivity contribution in [1.82, 2.24) is 10.2 Å². The maximum absolute atomic E-state index is 13.4. The van der Waals surface area contributed by atoms with Gasteiger partial charge >= 0.3 is 6.03 Å². The lowest BCUT2D eigenvalue weighted by Gasteiger charge is -2.27. The molecule has 2 aromatic rings. The van der Waals surface area contributed by atoms with E-state index in [-0.39, 0.29) is 12.3 Å². The Bertz CT molecular complexity index is 784. The Morgan fingerprint density at radius 1 is 1.08 bits per heavy atom. The van der Waals surface area contributed by atoms with Crippen molar-refractivity contribution in [2.75, 3.05) is 7.05 Å². The molecule has 2 rings (SSSR count). The molecule has 3 amide bonds. The number of amides is 3. The smallest absolute Gasteiger partial charge is 0.312 e. The van der Waals surface area contributed by atoms with Crippen LogP contribution in [0.15, 0.2) is 48.5 Å². The van der Waals surface area contributed by atoms with Crippen LogP contribution in [0.25, 0.3) is 0 Å². The van der Waals surface area contributed by atoms with Crippen LogP contribution < -0.4 is 11.1 Å². The van der Waals surface area contributed by atoms with Crippen molar-refractivity contribution in [3.63, 3.8) is 0 Å². The average Bonchev–Trinajstić information content (AvgIpc) is 2.62. The summed E-state index contributed by atoms with van der Waals surface area (Å²) in [6, 6.07) is 10.7. The monoisotopic (exact) mass is 361 g/mol. The molecule has 0 aliphatic heterocycles. The summed E-state index contributed by atoms with van der Waals surface area (Å²) in [5.41, 5.74) is 6.43. The maximum atomic E-state index is 13.4. The van der Waals surface area contributed by atoms with Gasteiger partial charge in [0.2, 0.25) is 5.91 Å². The van der Waals surface area contributed by atoms with Gasteiger partial charge in [0.1, 0.15) is 0 Å². The van der Waals surface area contributed by atoms with Gasteiger partial charge in [0.25, 0.3) is 0 Å². The minimum atomic E-state index is -0.965. The third kappa shape index (κ3) is 4.78. The van der Waals surface area contributed by atoms with Gasteiger partial charge in [-0.05, 0) is 30.2 Å². The summed E-state index contributed by atoms with van der Waals surface area (Å²) < 4.78 is 26.5. The van der Waals surface area contributed by atoms with E-state index in [1.165, 1.54) is 11.0 Å². The van der Waals surface area contributed by atoms with E-state index >= 15 is 0 Å². The summed E-state index contributed by atoms with van der Waals surface area (Å²) in [5, 5.41) is 2.56. The standard InChI is InChI=1S/C19H21F2N3O2/c1-12(14-8-9-15(20)16(21)10-14)24(2)18(25)11-17(23-19(22)26)13-6-4-3-5-7-13/h3-10,12,17H,11H2,1-2H3,(H3,22,23,26). The molecular weight excluding hydrogens is 340 g/mol. The fourth-order valence-electron chi connectivity index (χ4n) is 2.64. The number of carbonyl (C=O) groups excluding carboxylic acids is 2. The van der Waals surface area contributed by atoms with Gasteiger partial charge in [-0.1, -0.05) is 36.4 Å². The van der Waals surface area contributed by atoms with Crippen molar-refractivity contribution >= 4 is 11.9 Å². The van der Waals surface area contributed by atoms with Gasteiger partial charge in [0, 0.05) is 7.05 Å². The number of nitrogens with two attached hydrogens (primary N) is 1. The molecule has 26 heavy (non-hydrogen) atoms. The van der Waals surface area contributed by atoms with E-state index in [4.69, 9.17) is 5.73 Å².